The number of hydrogen-bond donors (Lipinski definition) is 1. The van der Waals surface area contributed by atoms with Crippen LogP contribution in [0.1, 0.15) is 32.1 Å². The summed E-state index contributed by atoms with van der Waals surface area (Å²) >= 11 is 1.91. The van der Waals surface area contributed by atoms with Gasteiger partial charge in [-0.25, -0.2) is 0 Å². The quantitative estimate of drug-likeness (QED) is 0.854. The van der Waals surface area contributed by atoms with Crippen LogP contribution in [0.4, 0.5) is 0 Å². The van der Waals surface area contributed by atoms with Gasteiger partial charge in [-0.2, -0.15) is 11.8 Å². The topological polar surface area (TPSA) is 29.5 Å². The first-order valence-corrected chi connectivity index (χ1v) is 7.87. The van der Waals surface area contributed by atoms with Crippen LogP contribution in [0.5, 0.6) is 5.75 Å². The molecular weight excluding hydrogens is 244 g/mol. The Bertz CT molecular complexity index is 323. The number of rotatable bonds is 6. The predicted octanol–water partition coefficient (Wildman–Crippen LogP) is 3.49. The van der Waals surface area contributed by atoms with Crippen LogP contribution < -0.4 is 4.74 Å². The smallest absolute Gasteiger partial charge is 0.119 e. The van der Waals surface area contributed by atoms with Crippen molar-refractivity contribution >= 4 is 11.8 Å². The summed E-state index contributed by atoms with van der Waals surface area (Å²) in [5.74, 6) is 1.62. The second-order valence-corrected chi connectivity index (χ2v) is 6.20. The minimum Gasteiger partial charge on any atom is -0.491 e. The van der Waals surface area contributed by atoms with Crippen molar-refractivity contribution in [1.29, 1.82) is 0 Å². The standard InChI is InChI=1S/C15H22O2S/c16-13(11-17-14-7-3-1-4-8-14)12-18-15-9-5-2-6-10-15/h1,3-4,7-8,13,15-16H,2,5-6,9-12H2. The third kappa shape index (κ3) is 4.91. The van der Waals surface area contributed by atoms with Crippen molar-refractivity contribution in [2.24, 2.45) is 0 Å². The highest BCUT2D eigenvalue weighted by atomic mass is 32.2. The monoisotopic (exact) mass is 266 g/mol. The van der Waals surface area contributed by atoms with Gasteiger partial charge in [0.1, 0.15) is 12.4 Å². The zero-order valence-corrected chi connectivity index (χ0v) is 11.6. The molecule has 100 valence electrons. The third-order valence-electron chi connectivity index (χ3n) is 3.26. The average molecular weight is 266 g/mol. The lowest BCUT2D eigenvalue weighted by Crippen LogP contribution is -2.22. The highest BCUT2D eigenvalue weighted by Gasteiger charge is 2.15. The van der Waals surface area contributed by atoms with Gasteiger partial charge in [-0.3, -0.25) is 0 Å². The molecule has 1 aromatic carbocycles. The fourth-order valence-electron chi connectivity index (χ4n) is 2.24. The molecule has 0 spiro atoms. The summed E-state index contributed by atoms with van der Waals surface area (Å²) < 4.78 is 5.54. The Morgan fingerprint density at radius 3 is 2.61 bits per heavy atom. The molecule has 2 nitrogen and oxygen atoms in total. The van der Waals surface area contributed by atoms with E-state index in [0.717, 1.165) is 16.8 Å². The van der Waals surface area contributed by atoms with Crippen LogP contribution in [0.2, 0.25) is 0 Å². The van der Waals surface area contributed by atoms with Crippen molar-refractivity contribution in [3.63, 3.8) is 0 Å². The van der Waals surface area contributed by atoms with Crippen molar-refractivity contribution in [2.75, 3.05) is 12.4 Å². The van der Waals surface area contributed by atoms with Gasteiger partial charge in [0.15, 0.2) is 0 Å². The maximum atomic E-state index is 9.90. The van der Waals surface area contributed by atoms with Gasteiger partial charge < -0.3 is 9.84 Å². The number of benzene rings is 1. The molecule has 1 aliphatic rings. The zero-order chi connectivity index (χ0) is 12.6. The minimum absolute atomic E-state index is 0.364. The summed E-state index contributed by atoms with van der Waals surface area (Å²) in [5, 5.41) is 10.7. The fraction of sp³-hybridized carbons (Fsp3) is 0.600. The molecule has 18 heavy (non-hydrogen) atoms. The van der Waals surface area contributed by atoms with E-state index < -0.39 is 0 Å². The van der Waals surface area contributed by atoms with E-state index >= 15 is 0 Å². The van der Waals surface area contributed by atoms with Gasteiger partial charge in [-0.15, -0.1) is 0 Å². The molecule has 1 aromatic rings. The SMILES string of the molecule is OC(COc1ccccc1)CSC1CCCCC1. The van der Waals surface area contributed by atoms with E-state index in [1.54, 1.807) is 0 Å². The van der Waals surface area contributed by atoms with E-state index in [2.05, 4.69) is 0 Å². The molecule has 3 heteroatoms. The molecule has 0 heterocycles. The molecule has 0 aromatic heterocycles. The van der Waals surface area contributed by atoms with Crippen LogP contribution in [0.25, 0.3) is 0 Å². The first kappa shape index (κ1) is 13.8. The van der Waals surface area contributed by atoms with Crippen LogP contribution in [-0.2, 0) is 0 Å². The van der Waals surface area contributed by atoms with E-state index in [-0.39, 0.29) is 6.10 Å². The molecule has 0 saturated heterocycles. The van der Waals surface area contributed by atoms with Crippen LogP contribution in [-0.4, -0.2) is 28.8 Å². The molecule has 0 radical (unpaired) electrons. The maximum absolute atomic E-state index is 9.90. The number of aliphatic hydroxyl groups is 1. The first-order valence-electron chi connectivity index (χ1n) is 6.82. The molecule has 2 rings (SSSR count). The Kier molecular flexibility index (Phi) is 5.88. The van der Waals surface area contributed by atoms with E-state index in [9.17, 15) is 5.11 Å². The van der Waals surface area contributed by atoms with Gasteiger partial charge in [0.2, 0.25) is 0 Å². The predicted molar refractivity (Wildman–Crippen MR) is 77.3 cm³/mol. The lowest BCUT2D eigenvalue weighted by Gasteiger charge is -2.22. The van der Waals surface area contributed by atoms with Crippen molar-refractivity contribution in [1.82, 2.24) is 0 Å². The van der Waals surface area contributed by atoms with Gasteiger partial charge in [0.25, 0.3) is 0 Å². The molecule has 1 atom stereocenters. The normalized spacial score (nSPS) is 18.5. The number of para-hydroxylation sites is 1. The van der Waals surface area contributed by atoms with Crippen LogP contribution in [0, 0.1) is 0 Å². The van der Waals surface area contributed by atoms with Gasteiger partial charge in [-0.05, 0) is 25.0 Å². The first-order chi connectivity index (χ1) is 8.84. The van der Waals surface area contributed by atoms with E-state index in [1.807, 2.05) is 42.1 Å². The zero-order valence-electron chi connectivity index (χ0n) is 10.8. The molecule has 0 bridgehead atoms. The number of thioether (sulfide) groups is 1. The van der Waals surface area contributed by atoms with Crippen LogP contribution in [0.15, 0.2) is 30.3 Å². The van der Waals surface area contributed by atoms with Gasteiger partial charge >= 0.3 is 0 Å². The summed E-state index contributed by atoms with van der Waals surface area (Å²) in [4.78, 5) is 0. The third-order valence-corrected chi connectivity index (χ3v) is 4.78. The van der Waals surface area contributed by atoms with Gasteiger partial charge in [0, 0.05) is 11.0 Å². The number of ether oxygens (including phenoxy) is 1. The Morgan fingerprint density at radius 2 is 1.89 bits per heavy atom. The lowest BCUT2D eigenvalue weighted by molar-refractivity contribution is 0.126. The lowest BCUT2D eigenvalue weighted by atomic mass is 10.0. The highest BCUT2D eigenvalue weighted by molar-refractivity contribution is 7.99. The Balaban J connectivity index is 1.61. The van der Waals surface area contributed by atoms with E-state index in [1.165, 1.54) is 32.1 Å². The number of aliphatic hydroxyl groups excluding tert-OH is 1. The summed E-state index contributed by atoms with van der Waals surface area (Å²) in [6, 6.07) is 9.68. The Hall–Kier alpha value is -0.670. The van der Waals surface area contributed by atoms with Gasteiger partial charge in [-0.1, -0.05) is 37.5 Å². The second kappa shape index (κ2) is 7.70. The summed E-state index contributed by atoms with van der Waals surface area (Å²) in [7, 11) is 0. The second-order valence-electron chi connectivity index (χ2n) is 4.87. The Labute approximate surface area is 114 Å². The van der Waals surface area contributed by atoms with Gasteiger partial charge in [0.05, 0.1) is 6.10 Å². The molecule has 1 saturated carbocycles. The van der Waals surface area contributed by atoms with Crippen molar-refractivity contribution in [2.45, 2.75) is 43.5 Å². The minimum atomic E-state index is -0.364. The molecule has 0 aliphatic heterocycles. The molecule has 1 unspecified atom stereocenters. The van der Waals surface area contributed by atoms with E-state index in [4.69, 9.17) is 4.74 Å². The van der Waals surface area contributed by atoms with Crippen molar-refractivity contribution in [3.8, 4) is 5.75 Å². The highest BCUT2D eigenvalue weighted by Crippen LogP contribution is 2.28. The van der Waals surface area contributed by atoms with E-state index in [0.29, 0.717) is 6.61 Å². The average Bonchev–Trinajstić information content (AvgIpc) is 2.45. The summed E-state index contributed by atoms with van der Waals surface area (Å²) in [6.07, 6.45) is 6.37. The van der Waals surface area contributed by atoms with Crippen molar-refractivity contribution in [3.05, 3.63) is 30.3 Å². The molecule has 1 fully saturated rings. The summed E-state index contributed by atoms with van der Waals surface area (Å²) in [5.41, 5.74) is 0. The van der Waals surface area contributed by atoms with Crippen molar-refractivity contribution < 1.29 is 9.84 Å². The Morgan fingerprint density at radius 1 is 1.17 bits per heavy atom. The van der Waals surface area contributed by atoms with Crippen LogP contribution >= 0.6 is 11.8 Å². The molecule has 1 N–H and O–H groups in total. The van der Waals surface area contributed by atoms with Crippen LogP contribution in [0.3, 0.4) is 0 Å². The molecule has 0 amide bonds. The number of hydrogen-bond acceptors (Lipinski definition) is 3. The molecule has 1 aliphatic carbocycles. The molecular formula is C15H22O2S. The summed E-state index contributed by atoms with van der Waals surface area (Å²) in [6.45, 7) is 0.393. The largest absolute Gasteiger partial charge is 0.491 e. The maximum Gasteiger partial charge on any atom is 0.119 e. The fourth-order valence-corrected chi connectivity index (χ4v) is 3.49.